The maximum absolute atomic E-state index is 13.0. The highest BCUT2D eigenvalue weighted by molar-refractivity contribution is 5.97. The van der Waals surface area contributed by atoms with Crippen LogP contribution in [0.4, 0.5) is 11.6 Å². The second-order valence-corrected chi connectivity index (χ2v) is 15.0. The molecule has 0 bridgehead atoms. The number of amides is 6. The van der Waals surface area contributed by atoms with Crippen molar-refractivity contribution in [2.75, 3.05) is 10.6 Å². The standard InChI is InChI=1S/C40H47N11O19/c41-40-49-32-31(34(60)50-40)43-19(15-42-32)16-51(17-52)20-3-1-18(2-4-20)33(59)48-25(39(69)70)8-13-29(56)46-23(37(65)66)6-11-27(54)44-21(35(61)62)5-10-26(53)45-22(36(63)64)7-12-28(55)47-24(38(67)68)9-14-30(57)58/h1-4,15,17,21-25H,5-14,16H2,(H,44,54)(H,45,53)(H,46,56)(H,47,55)(H,48,59)(H,57,58)(H,61,62)(H,63,64)(H,65,66)(H,67,68)(H,69,70)(H3,41,42,49,50,60)/t21-,22-,23-,24-,25-/m0/s1. The van der Waals surface area contributed by atoms with Gasteiger partial charge >= 0.3 is 35.8 Å². The van der Waals surface area contributed by atoms with Crippen LogP contribution >= 0.6 is 0 Å². The van der Waals surface area contributed by atoms with Gasteiger partial charge in [-0.2, -0.15) is 4.98 Å². The first-order chi connectivity index (χ1) is 33.0. The number of carboxylic acids is 6. The highest BCUT2D eigenvalue weighted by Gasteiger charge is 2.29. The lowest BCUT2D eigenvalue weighted by molar-refractivity contribution is -0.144. The maximum Gasteiger partial charge on any atom is 0.326 e. The summed E-state index contributed by atoms with van der Waals surface area (Å²) < 4.78 is 0. The molecule has 30 heteroatoms. The van der Waals surface area contributed by atoms with E-state index in [0.717, 1.165) is 0 Å². The molecule has 0 fully saturated rings. The average molecular weight is 986 g/mol. The number of fused-ring (bicyclic) bond motifs is 1. The molecule has 3 aromatic rings. The van der Waals surface area contributed by atoms with Crippen molar-refractivity contribution in [2.45, 2.75) is 101 Å². The Morgan fingerprint density at radius 3 is 1.34 bits per heavy atom. The molecule has 2 aromatic heterocycles. The number of aromatic nitrogens is 4. The first kappa shape index (κ1) is 55.2. The van der Waals surface area contributed by atoms with Gasteiger partial charge < -0.3 is 67.9 Å². The lowest BCUT2D eigenvalue weighted by atomic mass is 10.1. The summed E-state index contributed by atoms with van der Waals surface area (Å²) >= 11 is 0. The number of benzene rings is 1. The van der Waals surface area contributed by atoms with Crippen LogP contribution in [-0.2, 0) is 59.3 Å². The number of nitrogen functional groups attached to an aromatic ring is 1. The van der Waals surface area contributed by atoms with Crippen molar-refractivity contribution in [1.29, 1.82) is 0 Å². The Hall–Kier alpha value is -9.12. The molecule has 376 valence electrons. The molecule has 1 aromatic carbocycles. The zero-order chi connectivity index (χ0) is 52.2. The summed E-state index contributed by atoms with van der Waals surface area (Å²) in [5, 5.41) is 66.9. The molecule has 2 heterocycles. The monoisotopic (exact) mass is 985 g/mol. The molecule has 30 nitrogen and oxygen atoms in total. The van der Waals surface area contributed by atoms with Crippen molar-refractivity contribution in [3.8, 4) is 0 Å². The number of carbonyl (C=O) groups excluding carboxylic acids is 6. The molecule has 6 amide bonds. The molecule has 0 aliphatic rings. The van der Waals surface area contributed by atoms with Crippen LogP contribution in [0.3, 0.4) is 0 Å². The lowest BCUT2D eigenvalue weighted by Gasteiger charge is -2.19. The molecule has 0 spiro atoms. The fourth-order valence-corrected chi connectivity index (χ4v) is 6.18. The first-order valence-electron chi connectivity index (χ1n) is 20.6. The molecule has 0 saturated heterocycles. The number of carboxylic acid groups (broad SMARTS) is 6. The van der Waals surface area contributed by atoms with Crippen LogP contribution in [-0.4, -0.2) is 153 Å². The number of rotatable bonds is 30. The van der Waals surface area contributed by atoms with Crippen molar-refractivity contribution in [2.24, 2.45) is 0 Å². The Balaban J connectivity index is 1.48. The lowest BCUT2D eigenvalue weighted by Crippen LogP contribution is -2.46. The third kappa shape index (κ3) is 17.9. The predicted octanol–water partition coefficient (Wildman–Crippen LogP) is -3.10. The number of nitrogens with one attached hydrogen (secondary N) is 6. The van der Waals surface area contributed by atoms with Gasteiger partial charge in [0.05, 0.1) is 18.4 Å². The van der Waals surface area contributed by atoms with E-state index in [1.807, 2.05) is 5.32 Å². The van der Waals surface area contributed by atoms with Crippen LogP contribution in [0.2, 0.25) is 0 Å². The quantitative estimate of drug-likeness (QED) is 0.0294. The van der Waals surface area contributed by atoms with Gasteiger partial charge in [0.15, 0.2) is 11.2 Å². The minimum Gasteiger partial charge on any atom is -0.481 e. The third-order valence-corrected chi connectivity index (χ3v) is 9.83. The van der Waals surface area contributed by atoms with E-state index in [2.05, 4.69) is 41.2 Å². The summed E-state index contributed by atoms with van der Waals surface area (Å²) in [5.74, 6) is -14.4. The Morgan fingerprint density at radius 1 is 0.586 bits per heavy atom. The maximum atomic E-state index is 13.0. The van der Waals surface area contributed by atoms with Gasteiger partial charge in [0.2, 0.25) is 36.0 Å². The average Bonchev–Trinajstić information content (AvgIpc) is 3.29. The Labute approximate surface area is 392 Å². The number of nitrogens with zero attached hydrogens (tertiary/aromatic N) is 4. The molecule has 3 rings (SSSR count). The van der Waals surface area contributed by atoms with E-state index < -0.39 is 165 Å². The van der Waals surface area contributed by atoms with Gasteiger partial charge in [-0.15, -0.1) is 0 Å². The number of aromatic amines is 1. The van der Waals surface area contributed by atoms with Gasteiger partial charge in [-0.3, -0.25) is 43.3 Å². The zero-order valence-corrected chi connectivity index (χ0v) is 36.5. The summed E-state index contributed by atoms with van der Waals surface area (Å²) in [5.41, 5.74) is 5.12. The zero-order valence-electron chi connectivity index (χ0n) is 36.5. The van der Waals surface area contributed by atoms with Crippen molar-refractivity contribution in [3.63, 3.8) is 0 Å². The van der Waals surface area contributed by atoms with Gasteiger partial charge in [-0.25, -0.2) is 33.9 Å². The van der Waals surface area contributed by atoms with Gasteiger partial charge in [0.1, 0.15) is 30.2 Å². The fraction of sp³-hybridized carbons (Fsp3) is 0.400. The summed E-state index contributed by atoms with van der Waals surface area (Å²) in [4.78, 5) is 172. The molecule has 70 heavy (non-hydrogen) atoms. The number of carbonyl (C=O) groups is 12. The van der Waals surface area contributed by atoms with Crippen LogP contribution in [0.5, 0.6) is 0 Å². The number of anilines is 2. The van der Waals surface area contributed by atoms with Crippen molar-refractivity contribution < 1.29 is 88.2 Å². The summed E-state index contributed by atoms with van der Waals surface area (Å²) in [6, 6.07) is -3.18. The Morgan fingerprint density at radius 2 is 0.971 bits per heavy atom. The second-order valence-electron chi connectivity index (χ2n) is 15.0. The first-order valence-corrected chi connectivity index (χ1v) is 20.6. The third-order valence-electron chi connectivity index (χ3n) is 9.83. The summed E-state index contributed by atoms with van der Waals surface area (Å²) in [6.07, 6.45) is -4.20. The topological polar surface area (TPSA) is 487 Å². The SMILES string of the molecule is Nc1nc2ncc(CN(C=O)c3ccc(C(=O)N[C@@H](CCC(=O)N[C@@H](CCC(=O)N[C@@H](CCC(=O)N[C@@H](CCC(=O)N[C@@H](CCC(=O)O)C(=O)O)C(=O)O)C(=O)O)C(=O)O)C(=O)O)cc3)nc2c(=O)[nH]1. The highest BCUT2D eigenvalue weighted by atomic mass is 16.4. The molecule has 0 aliphatic carbocycles. The van der Waals surface area contributed by atoms with E-state index in [1.54, 1.807) is 0 Å². The summed E-state index contributed by atoms with van der Waals surface area (Å²) in [6.45, 7) is -0.161. The fourth-order valence-electron chi connectivity index (χ4n) is 6.18. The molecule has 0 aliphatic heterocycles. The molecule has 14 N–H and O–H groups in total. The smallest absolute Gasteiger partial charge is 0.326 e. The van der Waals surface area contributed by atoms with E-state index in [9.17, 15) is 87.9 Å². The largest absolute Gasteiger partial charge is 0.481 e. The van der Waals surface area contributed by atoms with Crippen LogP contribution < -0.4 is 42.8 Å². The van der Waals surface area contributed by atoms with Crippen molar-refractivity contribution in [1.82, 2.24) is 46.5 Å². The van der Waals surface area contributed by atoms with Crippen LogP contribution in [0.15, 0.2) is 35.3 Å². The van der Waals surface area contributed by atoms with E-state index >= 15 is 0 Å². The van der Waals surface area contributed by atoms with E-state index in [4.69, 9.17) is 10.8 Å². The number of hydrogen-bond donors (Lipinski definition) is 13. The molecule has 0 unspecified atom stereocenters. The van der Waals surface area contributed by atoms with E-state index in [0.29, 0.717) is 6.41 Å². The van der Waals surface area contributed by atoms with Gasteiger partial charge in [-0.05, 0) is 56.4 Å². The number of H-pyrrole nitrogens is 1. The molecule has 0 saturated carbocycles. The van der Waals surface area contributed by atoms with Gasteiger partial charge in [-0.1, -0.05) is 0 Å². The normalized spacial score (nSPS) is 12.9. The minimum atomic E-state index is -1.75. The van der Waals surface area contributed by atoms with Crippen molar-refractivity contribution >= 4 is 94.6 Å². The second kappa shape index (κ2) is 26.3. The van der Waals surface area contributed by atoms with Crippen LogP contribution in [0, 0.1) is 0 Å². The molecular weight excluding hydrogens is 938 g/mol. The number of aliphatic carboxylic acids is 6. The van der Waals surface area contributed by atoms with Gasteiger partial charge in [0, 0.05) is 43.4 Å². The van der Waals surface area contributed by atoms with E-state index in [1.165, 1.54) is 35.4 Å². The molecular formula is C40H47N11O19. The predicted molar refractivity (Wildman–Crippen MR) is 232 cm³/mol. The van der Waals surface area contributed by atoms with E-state index in [-0.39, 0.29) is 40.6 Å². The molecule has 5 atom stereocenters. The number of hydrogen-bond acceptors (Lipinski definition) is 17. The molecule has 0 radical (unpaired) electrons. The summed E-state index contributed by atoms with van der Waals surface area (Å²) in [7, 11) is 0. The van der Waals surface area contributed by atoms with Crippen LogP contribution in [0.1, 0.15) is 80.3 Å². The Kier molecular flexibility index (Phi) is 20.7. The van der Waals surface area contributed by atoms with Gasteiger partial charge in [0.25, 0.3) is 11.5 Å². The minimum absolute atomic E-state index is 0.0194. The van der Waals surface area contributed by atoms with Crippen LogP contribution in [0.25, 0.3) is 11.2 Å². The Bertz CT molecular complexity index is 2550. The highest BCUT2D eigenvalue weighted by Crippen LogP contribution is 2.17. The number of nitrogens with two attached hydrogens (primary N) is 1. The van der Waals surface area contributed by atoms with Crippen molar-refractivity contribution in [3.05, 3.63) is 52.1 Å².